The summed E-state index contributed by atoms with van der Waals surface area (Å²) >= 11 is 9.53. The number of carbonyl (C=O) groups is 1. The van der Waals surface area contributed by atoms with Crippen LogP contribution in [0.25, 0.3) is 10.9 Å². The lowest BCUT2D eigenvalue weighted by molar-refractivity contribution is 0.0210. The average molecular weight is 710 g/mol. The zero-order chi connectivity index (χ0) is 33.3. The van der Waals surface area contributed by atoms with Crippen LogP contribution in [0, 0.1) is 12.7 Å². The van der Waals surface area contributed by atoms with E-state index in [1.807, 2.05) is 34.6 Å². The first kappa shape index (κ1) is 39.2. The summed E-state index contributed by atoms with van der Waals surface area (Å²) in [6, 6.07) is 1.80. The van der Waals surface area contributed by atoms with Crippen LogP contribution >= 0.6 is 37.8 Å². The molecule has 0 radical (unpaired) electrons. The van der Waals surface area contributed by atoms with Gasteiger partial charge in [-0.3, -0.25) is 0 Å². The monoisotopic (exact) mass is 708 g/mol. The second-order valence-electron chi connectivity index (χ2n) is 12.3. The topological polar surface area (TPSA) is 96.3 Å². The van der Waals surface area contributed by atoms with E-state index >= 15 is 0 Å². The van der Waals surface area contributed by atoms with Crippen LogP contribution < -0.4 is 5.32 Å². The van der Waals surface area contributed by atoms with E-state index in [0.717, 1.165) is 6.61 Å². The summed E-state index contributed by atoms with van der Waals surface area (Å²) in [6.45, 7) is 21.9. The Kier molecular flexibility index (Phi) is 15.0. The number of nitrogens with zero attached hydrogens (tertiary/aromatic N) is 3. The van der Waals surface area contributed by atoms with Crippen molar-refractivity contribution in [3.63, 3.8) is 0 Å². The molecule has 1 fully saturated rings. The van der Waals surface area contributed by atoms with Crippen LogP contribution in [-0.4, -0.2) is 76.0 Å². The van der Waals surface area contributed by atoms with Gasteiger partial charge in [0.15, 0.2) is 5.82 Å². The third-order valence-corrected chi connectivity index (χ3v) is 11.9. The van der Waals surface area contributed by atoms with Crippen LogP contribution in [0.4, 0.5) is 14.9 Å². The number of oxime groups is 1. The smallest absolute Gasteiger partial charge is 0.410 e. The molecular weight excluding hydrogens is 659 g/mol. The van der Waals surface area contributed by atoms with Gasteiger partial charge < -0.3 is 24.3 Å². The van der Waals surface area contributed by atoms with Crippen molar-refractivity contribution in [1.29, 1.82) is 0 Å². The molecule has 1 aliphatic heterocycles. The molecular formula is C31H51BrClFN4O4S. The molecule has 2 N–H and O–H groups in total. The van der Waals surface area contributed by atoms with E-state index in [9.17, 15) is 9.18 Å². The van der Waals surface area contributed by atoms with Crippen molar-refractivity contribution < 1.29 is 23.3 Å². The molecule has 8 nitrogen and oxygen atoms in total. The summed E-state index contributed by atoms with van der Waals surface area (Å²) in [5.41, 5.74) is 1.17. The highest BCUT2D eigenvalue weighted by molar-refractivity contribution is 9.10. The Balaban J connectivity index is 0.000000655. The predicted octanol–water partition coefficient (Wildman–Crippen LogP) is 9.54. The lowest BCUT2D eigenvalue weighted by Gasteiger charge is -2.43. The zero-order valence-electron chi connectivity index (χ0n) is 27.8. The quantitative estimate of drug-likeness (QED) is 0.139. The van der Waals surface area contributed by atoms with Gasteiger partial charge in [0.1, 0.15) is 16.3 Å². The van der Waals surface area contributed by atoms with Crippen molar-refractivity contribution in [2.45, 2.75) is 98.5 Å². The summed E-state index contributed by atoms with van der Waals surface area (Å²) in [5.74, 6) is -0.507. The summed E-state index contributed by atoms with van der Waals surface area (Å²) in [6.07, 6.45) is 6.61. The van der Waals surface area contributed by atoms with E-state index in [2.05, 4.69) is 71.6 Å². The van der Waals surface area contributed by atoms with Crippen molar-refractivity contribution in [3.05, 3.63) is 32.6 Å². The number of fused-ring (bicyclic) bond motifs is 1. The highest BCUT2D eigenvalue weighted by atomic mass is 79.9. The number of amides is 1. The maximum absolute atomic E-state index is 14.9. The van der Waals surface area contributed by atoms with Crippen LogP contribution in [0.15, 0.2) is 15.7 Å². The van der Waals surface area contributed by atoms with Crippen molar-refractivity contribution in [2.75, 3.05) is 37.5 Å². The standard InChI is InChI=1S/C21H25BrClFN4O3.C8H20OS.C2H6/c1-11-9-13-17(14(10-25-30)19(23)27-18(13)16(24)15(11)22)26-12-5-7-28(8-6-12)20(29)31-21(2,3)4;1-7-9-10(5,6)8(2,3)4;1-2/h9-10,12,30H,5-8H2,1-4H3,(H,26,27);7H2,1-6H3;1-2H3/b25-10+;;. The van der Waals surface area contributed by atoms with Gasteiger partial charge in [0.25, 0.3) is 0 Å². The molecule has 1 aromatic heterocycles. The van der Waals surface area contributed by atoms with Crippen molar-refractivity contribution >= 4 is 66.7 Å². The second kappa shape index (κ2) is 16.5. The van der Waals surface area contributed by atoms with Gasteiger partial charge in [-0.05, 0) is 87.5 Å². The van der Waals surface area contributed by atoms with E-state index in [-0.39, 0.29) is 22.8 Å². The van der Waals surface area contributed by atoms with Gasteiger partial charge in [0.2, 0.25) is 0 Å². The minimum atomic E-state index is -0.848. The first-order valence-corrected chi connectivity index (χ1v) is 18.1. The Morgan fingerprint density at radius 3 is 2.26 bits per heavy atom. The SMILES string of the molecule is CC.CCOS(C)(C)C(C)(C)C.Cc1cc2c(NC3CCN(C(=O)OC(C)(C)C)CC3)c(/C=N/O)c(Cl)nc2c(F)c1Br. The second-order valence-corrected chi connectivity index (χ2v) is 17.4. The Bertz CT molecular complexity index is 1260. The van der Waals surface area contributed by atoms with Gasteiger partial charge in [-0.15, -0.1) is 10.3 Å². The van der Waals surface area contributed by atoms with Crippen molar-refractivity contribution in [2.24, 2.45) is 5.16 Å². The van der Waals surface area contributed by atoms with E-state index < -0.39 is 21.7 Å². The van der Waals surface area contributed by atoms with Gasteiger partial charge in [-0.1, -0.05) is 51.4 Å². The maximum Gasteiger partial charge on any atom is 0.410 e. The van der Waals surface area contributed by atoms with E-state index in [1.54, 1.807) is 17.9 Å². The maximum atomic E-state index is 14.9. The summed E-state index contributed by atoms with van der Waals surface area (Å²) in [4.78, 5) is 18.2. The van der Waals surface area contributed by atoms with Gasteiger partial charge in [0.05, 0.1) is 28.5 Å². The van der Waals surface area contributed by atoms with Gasteiger partial charge in [-0.25, -0.2) is 14.2 Å². The highest BCUT2D eigenvalue weighted by Gasteiger charge is 2.29. The number of pyridine rings is 1. The number of rotatable bonds is 5. The minimum absolute atomic E-state index is 0.00166. The van der Waals surface area contributed by atoms with Crippen molar-refractivity contribution in [3.8, 4) is 0 Å². The molecule has 1 aromatic carbocycles. The van der Waals surface area contributed by atoms with E-state index in [0.29, 0.717) is 57.4 Å². The molecule has 0 unspecified atom stereocenters. The molecule has 0 bridgehead atoms. The van der Waals surface area contributed by atoms with E-state index in [1.165, 1.54) is 6.21 Å². The molecule has 1 aliphatic rings. The molecule has 3 rings (SSSR count). The number of aromatic nitrogens is 1. The lowest BCUT2D eigenvalue weighted by Crippen LogP contribution is -2.44. The lowest BCUT2D eigenvalue weighted by atomic mass is 10.0. The number of anilines is 1. The van der Waals surface area contributed by atoms with Crippen LogP contribution in [0.1, 0.15) is 86.3 Å². The summed E-state index contributed by atoms with van der Waals surface area (Å²) < 4.78 is 26.6. The van der Waals surface area contributed by atoms with Crippen molar-refractivity contribution in [1.82, 2.24) is 9.88 Å². The number of carbonyl (C=O) groups excluding carboxylic acids is 1. The minimum Gasteiger partial charge on any atom is -0.444 e. The number of hydrogen-bond acceptors (Lipinski definition) is 7. The first-order valence-electron chi connectivity index (χ1n) is 14.6. The van der Waals surface area contributed by atoms with Gasteiger partial charge in [0, 0.05) is 29.3 Å². The van der Waals surface area contributed by atoms with Gasteiger partial charge in [-0.2, -0.15) is 0 Å². The third kappa shape index (κ3) is 10.9. The molecule has 1 saturated heterocycles. The number of nitrogens with one attached hydrogen (secondary N) is 1. The number of benzene rings is 1. The summed E-state index contributed by atoms with van der Waals surface area (Å²) in [5, 5.41) is 16.2. The van der Waals surface area contributed by atoms with Crippen LogP contribution in [-0.2, 0) is 8.92 Å². The molecule has 0 atom stereocenters. The Morgan fingerprint density at radius 2 is 1.81 bits per heavy atom. The molecule has 12 heteroatoms. The normalized spacial score (nSPS) is 15.0. The Labute approximate surface area is 272 Å². The molecule has 2 aromatic rings. The molecule has 0 spiro atoms. The van der Waals surface area contributed by atoms with Crippen LogP contribution in [0.3, 0.4) is 0 Å². The molecule has 246 valence electrons. The summed E-state index contributed by atoms with van der Waals surface area (Å²) in [7, 11) is -0.848. The number of aryl methyl sites for hydroxylation is 1. The third-order valence-electron chi connectivity index (χ3n) is 6.90. The molecule has 1 amide bonds. The van der Waals surface area contributed by atoms with E-state index in [4.69, 9.17) is 25.7 Å². The zero-order valence-corrected chi connectivity index (χ0v) is 31.0. The first-order chi connectivity index (χ1) is 19.8. The fraction of sp³-hybridized carbons (Fsp3) is 0.645. The number of hydrogen-bond donors (Lipinski definition) is 2. The largest absolute Gasteiger partial charge is 0.444 e. The molecule has 0 saturated carbocycles. The predicted molar refractivity (Wildman–Crippen MR) is 185 cm³/mol. The number of ether oxygens (including phenoxy) is 1. The molecule has 43 heavy (non-hydrogen) atoms. The van der Waals surface area contributed by atoms with Gasteiger partial charge >= 0.3 is 6.09 Å². The average Bonchev–Trinajstić information content (AvgIpc) is 2.90. The molecule has 2 heterocycles. The van der Waals surface area contributed by atoms with Crippen LogP contribution in [0.2, 0.25) is 5.15 Å². The number of piperidine rings is 1. The highest BCUT2D eigenvalue weighted by Crippen LogP contribution is 2.53. The van der Waals surface area contributed by atoms with Crippen LogP contribution in [0.5, 0.6) is 0 Å². The fourth-order valence-corrected chi connectivity index (χ4v) is 5.46. The number of likely N-dealkylation sites (tertiary alicyclic amines) is 1. The Morgan fingerprint density at radius 1 is 1.26 bits per heavy atom. The Hall–Kier alpha value is -1.82. The fourth-order valence-electron chi connectivity index (χ4n) is 3.99. The molecule has 0 aliphatic carbocycles. The number of halogens is 3.